The van der Waals surface area contributed by atoms with Gasteiger partial charge in [-0.25, -0.2) is 9.18 Å². The molecule has 5 nitrogen and oxygen atoms in total. The van der Waals surface area contributed by atoms with Gasteiger partial charge in [-0.15, -0.1) is 0 Å². The molecule has 0 fully saturated rings. The summed E-state index contributed by atoms with van der Waals surface area (Å²) in [6.45, 7) is 3.28. The summed E-state index contributed by atoms with van der Waals surface area (Å²) in [7, 11) is 0. The molecule has 1 heterocycles. The maximum atomic E-state index is 15.1. The number of carboxylic acids is 1. The fourth-order valence-corrected chi connectivity index (χ4v) is 4.77. The van der Waals surface area contributed by atoms with Gasteiger partial charge in [0.05, 0.1) is 23.5 Å². The number of hydrogen-bond acceptors (Lipinski definition) is 4. The minimum Gasteiger partial charge on any atom is -0.486 e. The molecule has 0 saturated heterocycles. The fourth-order valence-electron chi connectivity index (χ4n) is 4.77. The molecular formula is C29H27FN2O3. The molecule has 5 rings (SSSR count). The molecule has 2 unspecified atom stereocenters. The van der Waals surface area contributed by atoms with Crippen molar-refractivity contribution in [1.82, 2.24) is 5.32 Å². The number of aromatic carboxylic acids is 1. The highest BCUT2D eigenvalue weighted by Crippen LogP contribution is 2.40. The first-order valence-corrected chi connectivity index (χ1v) is 11.8. The number of rotatable bonds is 7. The van der Waals surface area contributed by atoms with E-state index >= 15 is 4.39 Å². The number of para-hydroxylation sites is 2. The van der Waals surface area contributed by atoms with Crippen molar-refractivity contribution in [2.24, 2.45) is 0 Å². The Hall–Kier alpha value is -3.90. The van der Waals surface area contributed by atoms with Crippen LogP contribution in [-0.2, 0) is 0 Å². The lowest BCUT2D eigenvalue weighted by Crippen LogP contribution is -2.39. The van der Waals surface area contributed by atoms with Crippen LogP contribution in [0.15, 0.2) is 84.9 Å². The van der Waals surface area contributed by atoms with Gasteiger partial charge in [-0.1, -0.05) is 60.7 Å². The Labute approximate surface area is 203 Å². The predicted molar refractivity (Wildman–Crippen MR) is 136 cm³/mol. The van der Waals surface area contributed by atoms with Gasteiger partial charge in [0.15, 0.2) is 5.82 Å². The molecule has 0 spiro atoms. The van der Waals surface area contributed by atoms with E-state index in [0.29, 0.717) is 25.3 Å². The number of carbonyl (C=O) groups is 1. The van der Waals surface area contributed by atoms with E-state index in [1.807, 2.05) is 35.2 Å². The zero-order chi connectivity index (χ0) is 24.4. The molecule has 2 atom stereocenters. The quantitative estimate of drug-likeness (QED) is 0.331. The summed E-state index contributed by atoms with van der Waals surface area (Å²) in [5.41, 5.74) is 1.87. The highest BCUT2D eigenvalue weighted by molar-refractivity contribution is 5.90. The maximum absolute atomic E-state index is 15.1. The van der Waals surface area contributed by atoms with Crippen molar-refractivity contribution in [3.05, 3.63) is 102 Å². The number of anilines is 2. The van der Waals surface area contributed by atoms with Gasteiger partial charge in [0.1, 0.15) is 11.9 Å². The lowest BCUT2D eigenvalue weighted by molar-refractivity contribution is 0.0692. The largest absolute Gasteiger partial charge is 0.486 e. The summed E-state index contributed by atoms with van der Waals surface area (Å²) < 4.78 is 21.4. The average Bonchev–Trinajstić information content (AvgIpc) is 2.88. The van der Waals surface area contributed by atoms with Crippen molar-refractivity contribution in [1.29, 1.82) is 0 Å². The lowest BCUT2D eigenvalue weighted by atomic mass is 9.99. The van der Waals surface area contributed by atoms with E-state index in [0.717, 1.165) is 5.69 Å². The smallest absolute Gasteiger partial charge is 0.338 e. The first kappa shape index (κ1) is 22.9. The van der Waals surface area contributed by atoms with Crippen molar-refractivity contribution in [3.8, 4) is 5.75 Å². The first-order chi connectivity index (χ1) is 17.0. The minimum absolute atomic E-state index is 0.151. The standard InChI is InChI=1S/C29H27FN2O3/c1-19(22-11-6-9-20-8-2-3-10-23(20)22)31-17-16-21-18-32(25-13-4-5-15-27(25)35-21)26-14-7-12-24(28(26)30)29(33)34/h2-15,19,21,31H,16-18H2,1H3,(H,33,34). The van der Waals surface area contributed by atoms with E-state index in [2.05, 4.69) is 48.6 Å². The van der Waals surface area contributed by atoms with Gasteiger partial charge in [0, 0.05) is 6.04 Å². The molecule has 0 aliphatic carbocycles. The van der Waals surface area contributed by atoms with Crippen LogP contribution in [0, 0.1) is 5.82 Å². The Kier molecular flexibility index (Phi) is 6.38. The number of fused-ring (bicyclic) bond motifs is 2. The molecule has 0 amide bonds. The summed E-state index contributed by atoms with van der Waals surface area (Å²) in [4.78, 5) is 13.3. The maximum Gasteiger partial charge on any atom is 0.338 e. The van der Waals surface area contributed by atoms with E-state index in [1.165, 1.54) is 22.4 Å². The second-order valence-electron chi connectivity index (χ2n) is 8.79. The Balaban J connectivity index is 1.33. The topological polar surface area (TPSA) is 61.8 Å². The van der Waals surface area contributed by atoms with Crippen LogP contribution in [-0.4, -0.2) is 30.3 Å². The molecule has 178 valence electrons. The Bertz CT molecular complexity index is 1370. The van der Waals surface area contributed by atoms with Crippen molar-refractivity contribution in [2.45, 2.75) is 25.5 Å². The SMILES string of the molecule is CC(NCCC1CN(c2cccc(C(=O)O)c2F)c2ccccc2O1)c1cccc2ccccc12. The normalized spacial score (nSPS) is 15.9. The van der Waals surface area contributed by atoms with Crippen LogP contribution in [0.3, 0.4) is 0 Å². The molecule has 0 saturated carbocycles. The van der Waals surface area contributed by atoms with Crippen LogP contribution in [0.5, 0.6) is 5.75 Å². The number of nitrogens with zero attached hydrogens (tertiary/aromatic N) is 1. The highest BCUT2D eigenvalue weighted by atomic mass is 19.1. The summed E-state index contributed by atoms with van der Waals surface area (Å²) in [5.74, 6) is -1.36. The highest BCUT2D eigenvalue weighted by Gasteiger charge is 2.29. The summed E-state index contributed by atoms with van der Waals surface area (Å²) in [6, 6.07) is 26.8. The van der Waals surface area contributed by atoms with E-state index in [1.54, 1.807) is 12.1 Å². The average molecular weight is 471 g/mol. The molecular weight excluding hydrogens is 443 g/mol. The number of halogens is 1. The molecule has 4 aromatic rings. The van der Waals surface area contributed by atoms with E-state index in [9.17, 15) is 9.90 Å². The third-order valence-electron chi connectivity index (χ3n) is 6.54. The molecule has 0 radical (unpaired) electrons. The van der Waals surface area contributed by atoms with Gasteiger partial charge < -0.3 is 20.1 Å². The molecule has 0 bridgehead atoms. The number of ether oxygens (including phenoxy) is 1. The fraction of sp³-hybridized carbons (Fsp3) is 0.207. The molecule has 6 heteroatoms. The van der Waals surface area contributed by atoms with Crippen LogP contribution in [0.1, 0.15) is 35.3 Å². The van der Waals surface area contributed by atoms with Crippen molar-refractivity contribution in [3.63, 3.8) is 0 Å². The van der Waals surface area contributed by atoms with Crippen LogP contribution in [0.4, 0.5) is 15.8 Å². The molecule has 0 aromatic heterocycles. The molecule has 35 heavy (non-hydrogen) atoms. The van der Waals surface area contributed by atoms with Gasteiger partial charge in [0.2, 0.25) is 0 Å². The summed E-state index contributed by atoms with van der Waals surface area (Å²) >= 11 is 0. The van der Waals surface area contributed by atoms with E-state index in [-0.39, 0.29) is 23.4 Å². The lowest BCUT2D eigenvalue weighted by Gasteiger charge is -2.36. The predicted octanol–water partition coefficient (Wildman–Crippen LogP) is 6.32. The Morgan fingerprint density at radius 3 is 2.60 bits per heavy atom. The third kappa shape index (κ3) is 4.57. The van der Waals surface area contributed by atoms with Gasteiger partial charge in [-0.05, 0) is 60.5 Å². The second kappa shape index (κ2) is 9.76. The van der Waals surface area contributed by atoms with Gasteiger partial charge in [-0.2, -0.15) is 0 Å². The molecule has 4 aromatic carbocycles. The van der Waals surface area contributed by atoms with Crippen LogP contribution in [0.2, 0.25) is 0 Å². The molecule has 2 N–H and O–H groups in total. The summed E-state index contributed by atoms with van der Waals surface area (Å²) in [5, 5.41) is 15.4. The molecule has 1 aliphatic heterocycles. The number of benzene rings is 4. The van der Waals surface area contributed by atoms with Gasteiger partial charge in [0.25, 0.3) is 0 Å². The number of carboxylic acid groups (broad SMARTS) is 1. The van der Waals surface area contributed by atoms with Gasteiger partial charge >= 0.3 is 5.97 Å². The Morgan fingerprint density at radius 1 is 1.03 bits per heavy atom. The zero-order valence-electron chi connectivity index (χ0n) is 19.4. The number of nitrogens with one attached hydrogen (secondary N) is 1. The van der Waals surface area contributed by atoms with Crippen LogP contribution < -0.4 is 15.0 Å². The summed E-state index contributed by atoms with van der Waals surface area (Å²) in [6.07, 6.45) is 0.519. The third-order valence-corrected chi connectivity index (χ3v) is 6.54. The van der Waals surface area contributed by atoms with E-state index in [4.69, 9.17) is 4.74 Å². The van der Waals surface area contributed by atoms with Crippen molar-refractivity contribution in [2.75, 3.05) is 18.0 Å². The van der Waals surface area contributed by atoms with E-state index < -0.39 is 11.8 Å². The zero-order valence-corrected chi connectivity index (χ0v) is 19.4. The van der Waals surface area contributed by atoms with Gasteiger partial charge in [-0.3, -0.25) is 0 Å². The molecule has 1 aliphatic rings. The first-order valence-electron chi connectivity index (χ1n) is 11.8. The van der Waals surface area contributed by atoms with Crippen molar-refractivity contribution < 1.29 is 19.0 Å². The Morgan fingerprint density at radius 2 is 1.74 bits per heavy atom. The van der Waals surface area contributed by atoms with Crippen LogP contribution >= 0.6 is 0 Å². The number of hydrogen-bond donors (Lipinski definition) is 2. The van der Waals surface area contributed by atoms with Crippen LogP contribution in [0.25, 0.3) is 10.8 Å². The van der Waals surface area contributed by atoms with Crippen molar-refractivity contribution >= 4 is 28.1 Å². The second-order valence-corrected chi connectivity index (χ2v) is 8.79. The minimum atomic E-state index is -1.28. The monoisotopic (exact) mass is 470 g/mol.